The van der Waals surface area contributed by atoms with Crippen LogP contribution in [0.15, 0.2) is 28.7 Å². The molecule has 112 valence electrons. The van der Waals surface area contributed by atoms with Crippen molar-refractivity contribution >= 4 is 43.2 Å². The number of methoxy groups -OCH3 is 1. The fourth-order valence-corrected chi connectivity index (χ4v) is 5.77. The van der Waals surface area contributed by atoms with Crippen molar-refractivity contribution in [3.63, 3.8) is 0 Å². The van der Waals surface area contributed by atoms with Crippen LogP contribution in [0, 0.1) is 0 Å². The second kappa shape index (κ2) is 6.84. The van der Waals surface area contributed by atoms with Gasteiger partial charge in [0.15, 0.2) is 0 Å². The van der Waals surface area contributed by atoms with E-state index in [9.17, 15) is 0 Å². The smallest absolute Gasteiger partial charge is 0.120 e. The van der Waals surface area contributed by atoms with Gasteiger partial charge in [-0.1, -0.05) is 44.3 Å². The summed E-state index contributed by atoms with van der Waals surface area (Å²) >= 11 is 9.51. The lowest BCUT2D eigenvalue weighted by Crippen LogP contribution is -1.93. The lowest BCUT2D eigenvalue weighted by atomic mass is 10.1. The molecule has 0 bridgehead atoms. The van der Waals surface area contributed by atoms with Crippen molar-refractivity contribution in [3.05, 3.63) is 49.6 Å². The van der Waals surface area contributed by atoms with Gasteiger partial charge in [-0.3, -0.25) is 0 Å². The molecule has 1 aliphatic carbocycles. The maximum absolute atomic E-state index is 5.27. The Bertz CT molecular complexity index is 612. The first-order valence-corrected chi connectivity index (χ1v) is 9.80. The van der Waals surface area contributed by atoms with Gasteiger partial charge >= 0.3 is 0 Å². The molecule has 4 heteroatoms. The summed E-state index contributed by atoms with van der Waals surface area (Å²) in [5.41, 5.74) is 2.83. The Hall–Kier alpha value is -0.320. The Kier molecular flexibility index (Phi) is 5.07. The molecule has 1 nitrogen and oxygen atoms in total. The van der Waals surface area contributed by atoms with Crippen molar-refractivity contribution in [1.82, 2.24) is 0 Å². The zero-order valence-corrected chi connectivity index (χ0v) is 16.0. The van der Waals surface area contributed by atoms with Crippen LogP contribution < -0.4 is 4.74 Å². The van der Waals surface area contributed by atoms with Crippen LogP contribution in [0.5, 0.6) is 5.75 Å². The molecule has 1 aromatic heterocycles. The molecule has 3 rings (SSSR count). The first kappa shape index (κ1) is 15.6. The summed E-state index contributed by atoms with van der Waals surface area (Å²) in [5.74, 6) is 0.882. The van der Waals surface area contributed by atoms with Gasteiger partial charge in [0.05, 0.1) is 11.9 Å². The molecule has 1 atom stereocenters. The highest BCUT2D eigenvalue weighted by Crippen LogP contribution is 2.42. The number of halogens is 2. The van der Waals surface area contributed by atoms with Gasteiger partial charge in [-0.15, -0.1) is 11.3 Å². The molecule has 0 aliphatic heterocycles. The van der Waals surface area contributed by atoms with Crippen LogP contribution in [-0.2, 0) is 12.8 Å². The van der Waals surface area contributed by atoms with Gasteiger partial charge in [-0.25, -0.2) is 0 Å². The van der Waals surface area contributed by atoms with E-state index in [2.05, 4.69) is 44.0 Å². The van der Waals surface area contributed by atoms with Gasteiger partial charge in [-0.05, 0) is 55.0 Å². The van der Waals surface area contributed by atoms with E-state index in [-0.39, 0.29) is 4.83 Å². The number of rotatable bonds is 3. The zero-order valence-electron chi connectivity index (χ0n) is 12.0. The SMILES string of the molecule is COc1ccc(C(Br)c2cc3c(s2)CCCCC3)c(Br)c1. The standard InChI is InChI=1S/C17H18Br2OS/c1-20-12-7-8-13(14(18)10-12)17(19)16-9-11-5-3-2-4-6-15(11)21-16/h7-10,17H,2-6H2,1H3. The van der Waals surface area contributed by atoms with Crippen LogP contribution in [0.3, 0.4) is 0 Å². The molecule has 0 spiro atoms. The van der Waals surface area contributed by atoms with E-state index in [4.69, 9.17) is 4.74 Å². The van der Waals surface area contributed by atoms with Crippen molar-refractivity contribution in [2.24, 2.45) is 0 Å². The summed E-state index contributed by atoms with van der Waals surface area (Å²) in [6, 6.07) is 8.59. The second-order valence-corrected chi connectivity index (χ2v) is 8.35. The van der Waals surface area contributed by atoms with Crippen molar-refractivity contribution in [2.45, 2.75) is 36.9 Å². The van der Waals surface area contributed by atoms with Crippen molar-refractivity contribution in [1.29, 1.82) is 0 Å². The number of benzene rings is 1. The summed E-state index contributed by atoms with van der Waals surface area (Å²) in [4.78, 5) is 3.25. The van der Waals surface area contributed by atoms with E-state index < -0.39 is 0 Å². The van der Waals surface area contributed by atoms with E-state index >= 15 is 0 Å². The predicted octanol–water partition coefficient (Wildman–Crippen LogP) is 6.27. The number of ether oxygens (including phenoxy) is 1. The summed E-state index contributed by atoms with van der Waals surface area (Å²) in [6.45, 7) is 0. The Labute approximate surface area is 147 Å². The first-order valence-electron chi connectivity index (χ1n) is 7.28. The van der Waals surface area contributed by atoms with E-state index in [0.717, 1.165) is 10.2 Å². The van der Waals surface area contributed by atoms with Gasteiger partial charge in [0, 0.05) is 14.2 Å². The van der Waals surface area contributed by atoms with Gasteiger partial charge in [-0.2, -0.15) is 0 Å². The van der Waals surface area contributed by atoms with Crippen LogP contribution in [-0.4, -0.2) is 7.11 Å². The van der Waals surface area contributed by atoms with Gasteiger partial charge in [0.1, 0.15) is 5.75 Å². The number of thiophene rings is 1. The third kappa shape index (κ3) is 3.38. The summed E-state index contributed by atoms with van der Waals surface area (Å²) in [6.07, 6.45) is 6.55. The zero-order chi connectivity index (χ0) is 14.8. The maximum atomic E-state index is 5.27. The molecule has 21 heavy (non-hydrogen) atoms. The van der Waals surface area contributed by atoms with Crippen LogP contribution in [0.2, 0.25) is 0 Å². The lowest BCUT2D eigenvalue weighted by Gasteiger charge is -2.12. The van der Waals surface area contributed by atoms with E-state index in [1.807, 2.05) is 23.5 Å². The first-order chi connectivity index (χ1) is 10.2. The quantitative estimate of drug-likeness (QED) is 0.412. The van der Waals surface area contributed by atoms with Crippen molar-refractivity contribution < 1.29 is 4.74 Å². The normalized spacial score (nSPS) is 16.1. The third-order valence-electron chi connectivity index (χ3n) is 4.00. The van der Waals surface area contributed by atoms with Gasteiger partial charge in [0.2, 0.25) is 0 Å². The summed E-state index contributed by atoms with van der Waals surface area (Å²) < 4.78 is 6.36. The van der Waals surface area contributed by atoms with E-state index in [1.54, 1.807) is 17.6 Å². The van der Waals surface area contributed by atoms with Crippen molar-refractivity contribution in [3.8, 4) is 5.75 Å². The maximum Gasteiger partial charge on any atom is 0.120 e. The minimum Gasteiger partial charge on any atom is -0.497 e. The Morgan fingerprint density at radius 1 is 1.14 bits per heavy atom. The molecule has 0 saturated carbocycles. The van der Waals surface area contributed by atoms with Gasteiger partial charge < -0.3 is 4.74 Å². The highest BCUT2D eigenvalue weighted by Gasteiger charge is 2.19. The Morgan fingerprint density at radius 2 is 1.95 bits per heavy atom. The van der Waals surface area contributed by atoms with Crippen LogP contribution in [0.1, 0.15) is 45.0 Å². The fourth-order valence-electron chi connectivity index (χ4n) is 2.81. The largest absolute Gasteiger partial charge is 0.497 e. The number of fused-ring (bicyclic) bond motifs is 1. The molecule has 0 radical (unpaired) electrons. The molecule has 1 aliphatic rings. The van der Waals surface area contributed by atoms with Crippen LogP contribution in [0.25, 0.3) is 0 Å². The highest BCUT2D eigenvalue weighted by molar-refractivity contribution is 9.11. The van der Waals surface area contributed by atoms with E-state index in [1.165, 1.54) is 42.5 Å². The number of hydrogen-bond acceptors (Lipinski definition) is 2. The molecule has 0 saturated heterocycles. The Balaban J connectivity index is 1.90. The second-order valence-electron chi connectivity index (χ2n) is 5.41. The van der Waals surface area contributed by atoms with Gasteiger partial charge in [0.25, 0.3) is 0 Å². The average Bonchev–Trinajstić information content (AvgIpc) is 2.77. The lowest BCUT2D eigenvalue weighted by molar-refractivity contribution is 0.414. The minimum absolute atomic E-state index is 0.245. The number of alkyl halides is 1. The third-order valence-corrected chi connectivity index (χ3v) is 7.27. The average molecular weight is 430 g/mol. The molecule has 0 N–H and O–H groups in total. The monoisotopic (exact) mass is 428 g/mol. The molecule has 1 aromatic carbocycles. The topological polar surface area (TPSA) is 9.23 Å². The Morgan fingerprint density at radius 3 is 2.71 bits per heavy atom. The molecule has 0 amide bonds. The predicted molar refractivity (Wildman–Crippen MR) is 97.0 cm³/mol. The van der Waals surface area contributed by atoms with Crippen LogP contribution >= 0.6 is 43.2 Å². The van der Waals surface area contributed by atoms with E-state index in [0.29, 0.717) is 0 Å². The van der Waals surface area contributed by atoms with Crippen LogP contribution in [0.4, 0.5) is 0 Å². The van der Waals surface area contributed by atoms with Crippen molar-refractivity contribution in [2.75, 3.05) is 7.11 Å². The fraction of sp³-hybridized carbons (Fsp3) is 0.412. The highest BCUT2D eigenvalue weighted by atomic mass is 79.9. The number of aryl methyl sites for hydroxylation is 2. The molecule has 1 heterocycles. The molecular weight excluding hydrogens is 412 g/mol. The molecular formula is C17H18Br2OS. The minimum atomic E-state index is 0.245. The molecule has 2 aromatic rings. The summed E-state index contributed by atoms with van der Waals surface area (Å²) in [7, 11) is 1.70. The molecule has 1 unspecified atom stereocenters. The number of hydrogen-bond donors (Lipinski definition) is 0. The molecule has 0 fully saturated rings. The summed E-state index contributed by atoms with van der Waals surface area (Å²) in [5, 5.41) is 0.